The SMILES string of the molecule is Cc1ccc(C(C)n2c(N)nc3c(C)ccnc32)s1. The number of rotatable bonds is 2. The number of nitrogens with zero attached hydrogens (tertiary/aromatic N) is 3. The average molecular weight is 272 g/mol. The van der Waals surface area contributed by atoms with Gasteiger partial charge in [-0.1, -0.05) is 0 Å². The molecule has 4 nitrogen and oxygen atoms in total. The van der Waals surface area contributed by atoms with Gasteiger partial charge in [0.15, 0.2) is 5.65 Å². The van der Waals surface area contributed by atoms with E-state index in [1.54, 1.807) is 11.3 Å². The van der Waals surface area contributed by atoms with E-state index < -0.39 is 0 Å². The summed E-state index contributed by atoms with van der Waals surface area (Å²) in [4.78, 5) is 11.5. The van der Waals surface area contributed by atoms with Crippen LogP contribution in [0.5, 0.6) is 0 Å². The molecule has 2 N–H and O–H groups in total. The van der Waals surface area contributed by atoms with E-state index in [1.165, 1.54) is 9.75 Å². The highest BCUT2D eigenvalue weighted by atomic mass is 32.1. The number of fused-ring (bicyclic) bond motifs is 1. The van der Waals surface area contributed by atoms with Crippen LogP contribution in [0.4, 0.5) is 5.95 Å². The predicted molar refractivity (Wildman–Crippen MR) is 79.5 cm³/mol. The molecule has 0 radical (unpaired) electrons. The Bertz CT molecular complexity index is 741. The van der Waals surface area contributed by atoms with Gasteiger partial charge < -0.3 is 5.73 Å². The number of imidazole rings is 1. The zero-order valence-corrected chi connectivity index (χ0v) is 12.0. The molecular weight excluding hydrogens is 256 g/mol. The van der Waals surface area contributed by atoms with Gasteiger partial charge in [-0.15, -0.1) is 11.3 Å². The Morgan fingerprint density at radius 1 is 1.26 bits per heavy atom. The quantitative estimate of drug-likeness (QED) is 0.778. The van der Waals surface area contributed by atoms with E-state index in [-0.39, 0.29) is 6.04 Å². The van der Waals surface area contributed by atoms with Gasteiger partial charge in [0.25, 0.3) is 0 Å². The Morgan fingerprint density at radius 3 is 2.74 bits per heavy atom. The Hall–Kier alpha value is -1.88. The standard InChI is InChI=1S/C14H16N4S/c1-8-6-7-16-13-12(8)17-14(15)18(13)10(3)11-5-4-9(2)19-11/h4-7,10H,1-3H3,(H2,15,17). The summed E-state index contributed by atoms with van der Waals surface area (Å²) in [5.41, 5.74) is 8.93. The van der Waals surface area contributed by atoms with Crippen molar-refractivity contribution in [3.05, 3.63) is 39.7 Å². The molecule has 0 amide bonds. The van der Waals surface area contributed by atoms with Crippen LogP contribution in [-0.2, 0) is 0 Å². The fourth-order valence-electron chi connectivity index (χ4n) is 2.31. The lowest BCUT2D eigenvalue weighted by Crippen LogP contribution is -2.09. The van der Waals surface area contributed by atoms with Gasteiger partial charge in [0, 0.05) is 16.0 Å². The van der Waals surface area contributed by atoms with Crippen LogP contribution < -0.4 is 5.73 Å². The van der Waals surface area contributed by atoms with Gasteiger partial charge in [0.05, 0.1) is 6.04 Å². The summed E-state index contributed by atoms with van der Waals surface area (Å²) in [7, 11) is 0. The topological polar surface area (TPSA) is 56.7 Å². The molecule has 3 heterocycles. The summed E-state index contributed by atoms with van der Waals surface area (Å²) < 4.78 is 2.01. The van der Waals surface area contributed by atoms with Gasteiger partial charge in [-0.2, -0.15) is 0 Å². The lowest BCUT2D eigenvalue weighted by molar-refractivity contribution is 0.674. The highest BCUT2D eigenvalue weighted by Crippen LogP contribution is 2.30. The van der Waals surface area contributed by atoms with Crippen molar-refractivity contribution in [2.45, 2.75) is 26.8 Å². The van der Waals surface area contributed by atoms with Gasteiger partial charge in [0.2, 0.25) is 5.95 Å². The molecule has 0 spiro atoms. The third-order valence-corrected chi connectivity index (χ3v) is 4.54. The average Bonchev–Trinajstić information content (AvgIpc) is 2.93. The molecule has 0 fully saturated rings. The van der Waals surface area contributed by atoms with Gasteiger partial charge in [0.1, 0.15) is 5.52 Å². The van der Waals surface area contributed by atoms with Crippen LogP contribution in [0.3, 0.4) is 0 Å². The molecule has 0 aliphatic rings. The Kier molecular flexibility index (Phi) is 2.78. The van der Waals surface area contributed by atoms with Crippen LogP contribution in [0.15, 0.2) is 24.4 Å². The molecule has 98 valence electrons. The summed E-state index contributed by atoms with van der Waals surface area (Å²) in [6.07, 6.45) is 1.81. The number of pyridine rings is 1. The lowest BCUT2D eigenvalue weighted by Gasteiger charge is -2.13. The molecular formula is C14H16N4S. The second-order valence-corrected chi connectivity index (χ2v) is 6.08. The van der Waals surface area contributed by atoms with E-state index in [0.29, 0.717) is 5.95 Å². The Balaban J connectivity index is 2.19. The molecule has 1 unspecified atom stereocenters. The molecule has 0 aliphatic carbocycles. The fourth-order valence-corrected chi connectivity index (χ4v) is 3.23. The smallest absolute Gasteiger partial charge is 0.203 e. The molecule has 0 bridgehead atoms. The molecule has 0 saturated carbocycles. The largest absolute Gasteiger partial charge is 0.369 e. The zero-order valence-electron chi connectivity index (χ0n) is 11.2. The first-order valence-electron chi connectivity index (χ1n) is 6.23. The lowest BCUT2D eigenvalue weighted by atomic mass is 10.2. The van der Waals surface area contributed by atoms with Crippen molar-refractivity contribution in [3.8, 4) is 0 Å². The minimum absolute atomic E-state index is 0.151. The van der Waals surface area contributed by atoms with Crippen LogP contribution in [0.1, 0.15) is 28.3 Å². The highest BCUT2D eigenvalue weighted by molar-refractivity contribution is 7.12. The molecule has 0 aromatic carbocycles. The first-order chi connectivity index (χ1) is 9.08. The van der Waals surface area contributed by atoms with Crippen molar-refractivity contribution >= 4 is 28.4 Å². The van der Waals surface area contributed by atoms with Crippen molar-refractivity contribution in [1.82, 2.24) is 14.5 Å². The summed E-state index contributed by atoms with van der Waals surface area (Å²) in [5.74, 6) is 0.523. The third kappa shape index (κ3) is 1.90. The summed E-state index contributed by atoms with van der Waals surface area (Å²) >= 11 is 1.78. The minimum atomic E-state index is 0.151. The number of aryl methyl sites for hydroxylation is 2. The minimum Gasteiger partial charge on any atom is -0.369 e. The van der Waals surface area contributed by atoms with Crippen molar-refractivity contribution in [2.75, 3.05) is 5.73 Å². The Morgan fingerprint density at radius 2 is 2.05 bits per heavy atom. The number of anilines is 1. The molecule has 19 heavy (non-hydrogen) atoms. The van der Waals surface area contributed by atoms with Gasteiger partial charge in [-0.05, 0) is 44.5 Å². The molecule has 0 aliphatic heterocycles. The first-order valence-corrected chi connectivity index (χ1v) is 7.05. The van der Waals surface area contributed by atoms with Crippen LogP contribution in [0, 0.1) is 13.8 Å². The van der Waals surface area contributed by atoms with E-state index in [0.717, 1.165) is 16.7 Å². The third-order valence-electron chi connectivity index (χ3n) is 3.37. The summed E-state index contributed by atoms with van der Waals surface area (Å²) in [5, 5.41) is 0. The van der Waals surface area contributed by atoms with E-state index in [2.05, 4.69) is 35.9 Å². The van der Waals surface area contributed by atoms with E-state index in [9.17, 15) is 0 Å². The van der Waals surface area contributed by atoms with Crippen LogP contribution >= 0.6 is 11.3 Å². The second-order valence-electron chi connectivity index (χ2n) is 4.76. The molecule has 3 aromatic rings. The number of aromatic nitrogens is 3. The normalized spacial score (nSPS) is 13.0. The van der Waals surface area contributed by atoms with Gasteiger partial charge in [-0.25, -0.2) is 9.97 Å². The van der Waals surface area contributed by atoms with E-state index in [1.807, 2.05) is 23.8 Å². The van der Waals surface area contributed by atoms with Crippen molar-refractivity contribution < 1.29 is 0 Å². The van der Waals surface area contributed by atoms with Gasteiger partial charge in [-0.3, -0.25) is 4.57 Å². The highest BCUT2D eigenvalue weighted by Gasteiger charge is 2.18. The number of hydrogen-bond donors (Lipinski definition) is 1. The van der Waals surface area contributed by atoms with Crippen molar-refractivity contribution in [1.29, 1.82) is 0 Å². The maximum Gasteiger partial charge on any atom is 0.203 e. The monoisotopic (exact) mass is 272 g/mol. The molecule has 3 rings (SSSR count). The number of nitrogens with two attached hydrogens (primary N) is 1. The number of nitrogen functional groups attached to an aromatic ring is 1. The Labute approximate surface area is 115 Å². The van der Waals surface area contributed by atoms with Crippen LogP contribution in [-0.4, -0.2) is 14.5 Å². The fraction of sp³-hybridized carbons (Fsp3) is 0.286. The van der Waals surface area contributed by atoms with E-state index in [4.69, 9.17) is 5.73 Å². The van der Waals surface area contributed by atoms with Gasteiger partial charge >= 0.3 is 0 Å². The second kappa shape index (κ2) is 4.35. The number of thiophene rings is 1. The number of hydrogen-bond acceptors (Lipinski definition) is 4. The first kappa shape index (κ1) is 12.2. The van der Waals surface area contributed by atoms with Crippen molar-refractivity contribution in [3.63, 3.8) is 0 Å². The molecule has 1 atom stereocenters. The molecule has 3 aromatic heterocycles. The molecule has 5 heteroatoms. The zero-order chi connectivity index (χ0) is 13.6. The maximum atomic E-state index is 6.08. The predicted octanol–water partition coefficient (Wildman–Crippen LogP) is 3.30. The van der Waals surface area contributed by atoms with Crippen LogP contribution in [0.2, 0.25) is 0 Å². The maximum absolute atomic E-state index is 6.08. The van der Waals surface area contributed by atoms with E-state index >= 15 is 0 Å². The molecule has 0 saturated heterocycles. The van der Waals surface area contributed by atoms with Crippen LogP contribution in [0.25, 0.3) is 11.2 Å². The summed E-state index contributed by atoms with van der Waals surface area (Å²) in [6, 6.07) is 6.38. The summed E-state index contributed by atoms with van der Waals surface area (Å²) in [6.45, 7) is 6.27. The van der Waals surface area contributed by atoms with Crippen molar-refractivity contribution in [2.24, 2.45) is 0 Å².